The molecular weight excluding hydrogens is 512 g/mol. The van der Waals surface area contributed by atoms with Gasteiger partial charge in [0.2, 0.25) is 17.6 Å². The first-order valence-corrected chi connectivity index (χ1v) is 13.9. The van der Waals surface area contributed by atoms with Gasteiger partial charge in [-0.2, -0.15) is 0 Å². The van der Waals surface area contributed by atoms with E-state index < -0.39 is 47.7 Å². The van der Waals surface area contributed by atoms with Gasteiger partial charge in [0.05, 0.1) is 6.04 Å². The lowest BCUT2D eigenvalue weighted by atomic mass is 9.93. The molecule has 1 saturated carbocycles. The summed E-state index contributed by atoms with van der Waals surface area (Å²) in [5.74, 6) is -3.32. The van der Waals surface area contributed by atoms with Crippen LogP contribution in [0.25, 0.3) is 10.8 Å². The Labute approximate surface area is 234 Å². The lowest BCUT2D eigenvalue weighted by molar-refractivity contribution is -0.142. The second kappa shape index (κ2) is 13.9. The number of Topliss-reactive ketones (excluding diaryl/α,β-unsaturated/α-hetero) is 1. The van der Waals surface area contributed by atoms with Crippen LogP contribution in [0.3, 0.4) is 0 Å². The average Bonchev–Trinajstić information content (AvgIpc) is 3.73. The highest BCUT2D eigenvalue weighted by atomic mass is 16.4. The Balaban J connectivity index is 1.78. The molecule has 2 aromatic rings. The molecule has 4 atom stereocenters. The van der Waals surface area contributed by atoms with Gasteiger partial charge in [-0.05, 0) is 47.4 Å². The second-order valence-electron chi connectivity index (χ2n) is 11.1. The zero-order valence-electron chi connectivity index (χ0n) is 23.5. The van der Waals surface area contributed by atoms with E-state index in [0.717, 1.165) is 29.2 Å². The van der Waals surface area contributed by atoms with Crippen LogP contribution in [0.4, 0.5) is 4.79 Å². The molecule has 4 amide bonds. The molecule has 1 aliphatic rings. The minimum absolute atomic E-state index is 0.00416. The fourth-order valence-electron chi connectivity index (χ4n) is 4.52. The molecular formula is C30H40N4O6. The van der Waals surface area contributed by atoms with Crippen molar-refractivity contribution in [1.82, 2.24) is 21.3 Å². The van der Waals surface area contributed by atoms with Crippen molar-refractivity contribution in [3.05, 3.63) is 48.0 Å². The smallest absolute Gasteiger partial charge is 0.405 e. The third-order valence-corrected chi connectivity index (χ3v) is 7.14. The van der Waals surface area contributed by atoms with E-state index in [4.69, 9.17) is 5.11 Å². The monoisotopic (exact) mass is 552 g/mol. The number of ketones is 1. The molecule has 2 aromatic carbocycles. The summed E-state index contributed by atoms with van der Waals surface area (Å²) >= 11 is 0. The van der Waals surface area contributed by atoms with Crippen molar-refractivity contribution in [2.24, 2.45) is 11.8 Å². The van der Waals surface area contributed by atoms with Crippen molar-refractivity contribution in [2.45, 2.75) is 84.0 Å². The largest absolute Gasteiger partial charge is 0.465 e. The van der Waals surface area contributed by atoms with E-state index in [0.29, 0.717) is 6.42 Å². The highest BCUT2D eigenvalue weighted by Crippen LogP contribution is 2.20. The summed E-state index contributed by atoms with van der Waals surface area (Å²) < 4.78 is 0. The third-order valence-electron chi connectivity index (χ3n) is 7.14. The highest BCUT2D eigenvalue weighted by molar-refractivity contribution is 6.39. The number of carboxylic acid groups (broad SMARTS) is 1. The van der Waals surface area contributed by atoms with Gasteiger partial charge in [0.25, 0.3) is 5.91 Å². The van der Waals surface area contributed by atoms with E-state index in [9.17, 15) is 24.0 Å². The van der Waals surface area contributed by atoms with E-state index in [1.54, 1.807) is 6.92 Å². The number of nitrogens with one attached hydrogen (secondary N) is 4. The van der Waals surface area contributed by atoms with Crippen molar-refractivity contribution in [1.29, 1.82) is 0 Å². The van der Waals surface area contributed by atoms with Crippen LogP contribution in [0.5, 0.6) is 0 Å². The van der Waals surface area contributed by atoms with Crippen molar-refractivity contribution in [2.75, 3.05) is 0 Å². The first-order chi connectivity index (χ1) is 19.0. The van der Waals surface area contributed by atoms with E-state index >= 15 is 0 Å². The molecule has 1 unspecified atom stereocenters. The Morgan fingerprint density at radius 2 is 1.55 bits per heavy atom. The molecule has 0 heterocycles. The summed E-state index contributed by atoms with van der Waals surface area (Å²) in [6.07, 6.45) is 1.26. The Morgan fingerprint density at radius 1 is 0.875 bits per heavy atom. The Bertz CT molecular complexity index is 1240. The maximum Gasteiger partial charge on any atom is 0.405 e. The highest BCUT2D eigenvalue weighted by Gasteiger charge is 2.36. The Hall–Kier alpha value is -3.95. The number of hydrogen-bond acceptors (Lipinski definition) is 5. The lowest BCUT2D eigenvalue weighted by Crippen LogP contribution is -2.58. The topological polar surface area (TPSA) is 154 Å². The van der Waals surface area contributed by atoms with Crippen molar-refractivity contribution in [3.8, 4) is 0 Å². The van der Waals surface area contributed by atoms with Crippen LogP contribution >= 0.6 is 0 Å². The van der Waals surface area contributed by atoms with Crippen LogP contribution in [0, 0.1) is 11.8 Å². The molecule has 0 saturated heterocycles. The summed E-state index contributed by atoms with van der Waals surface area (Å²) in [4.78, 5) is 63.9. The van der Waals surface area contributed by atoms with Gasteiger partial charge < -0.3 is 26.4 Å². The number of rotatable bonds is 14. The summed E-state index contributed by atoms with van der Waals surface area (Å²) in [5.41, 5.74) is 0.824. The molecule has 3 rings (SSSR count). The molecule has 0 spiro atoms. The predicted octanol–water partition coefficient (Wildman–Crippen LogP) is 2.93. The number of carbonyl (C=O) groups excluding carboxylic acids is 4. The van der Waals surface area contributed by atoms with Crippen LogP contribution in [-0.2, 0) is 25.6 Å². The van der Waals surface area contributed by atoms with E-state index in [1.165, 1.54) is 0 Å². The zero-order valence-corrected chi connectivity index (χ0v) is 23.5. The van der Waals surface area contributed by atoms with Crippen molar-refractivity contribution in [3.63, 3.8) is 0 Å². The number of fused-ring (bicyclic) bond motifs is 1. The van der Waals surface area contributed by atoms with Crippen LogP contribution in [0.15, 0.2) is 42.5 Å². The number of hydrogen-bond donors (Lipinski definition) is 5. The molecule has 1 aliphatic carbocycles. The van der Waals surface area contributed by atoms with Crippen molar-refractivity contribution >= 4 is 40.4 Å². The van der Waals surface area contributed by atoms with Crippen molar-refractivity contribution < 1.29 is 29.1 Å². The van der Waals surface area contributed by atoms with E-state index in [1.807, 2.05) is 63.2 Å². The van der Waals surface area contributed by atoms with E-state index in [2.05, 4.69) is 21.3 Å². The first kappa shape index (κ1) is 30.6. The number of carbonyl (C=O) groups is 5. The fourth-order valence-corrected chi connectivity index (χ4v) is 4.52. The first-order valence-electron chi connectivity index (χ1n) is 13.9. The standard InChI is InChI=1S/C30H40N4O6/c1-5-18(4)25(34-28(37)23(14-17(2)3)33-30(39)40)26(35)29(38)32-24(27(36)31-22-12-13-22)16-19-10-11-20-8-6-7-9-21(20)15-19/h6-11,15,17-18,22-25,33H,5,12-14,16H2,1-4H3,(H,31,36)(H,32,38)(H,34,37)(H,39,40)/t18-,23-,24-,25?/m0/s1. The maximum atomic E-state index is 13.4. The summed E-state index contributed by atoms with van der Waals surface area (Å²) in [5, 5.41) is 21.5. The summed E-state index contributed by atoms with van der Waals surface area (Å²) in [6.45, 7) is 7.24. The number of benzene rings is 2. The molecule has 216 valence electrons. The van der Waals surface area contributed by atoms with Gasteiger partial charge in [-0.15, -0.1) is 0 Å². The van der Waals surface area contributed by atoms with Gasteiger partial charge in [-0.25, -0.2) is 4.79 Å². The second-order valence-corrected chi connectivity index (χ2v) is 11.1. The SMILES string of the molecule is CC[C@H](C)C(NC(=O)[C@H](CC(C)C)NC(=O)O)C(=O)C(=O)N[C@@H](Cc1ccc2ccccc2c1)C(=O)NC1CC1. The van der Waals surface area contributed by atoms with Gasteiger partial charge in [0.1, 0.15) is 12.1 Å². The molecule has 0 radical (unpaired) electrons. The van der Waals surface area contributed by atoms with Gasteiger partial charge in [-0.1, -0.05) is 76.6 Å². The minimum atomic E-state index is -1.36. The fraction of sp³-hybridized carbons (Fsp3) is 0.500. The third kappa shape index (κ3) is 8.79. The van der Waals surface area contributed by atoms with Crippen LogP contribution < -0.4 is 21.3 Å². The molecule has 0 aliphatic heterocycles. The van der Waals surface area contributed by atoms with Crippen LogP contribution in [0.1, 0.15) is 58.9 Å². The van der Waals surface area contributed by atoms with E-state index in [-0.39, 0.29) is 30.7 Å². The zero-order chi connectivity index (χ0) is 29.4. The van der Waals surface area contributed by atoms with Crippen LogP contribution in [0.2, 0.25) is 0 Å². The molecule has 1 fully saturated rings. The molecule has 10 heteroatoms. The summed E-state index contributed by atoms with van der Waals surface area (Å²) in [7, 11) is 0. The number of amides is 4. The molecule has 40 heavy (non-hydrogen) atoms. The van der Waals surface area contributed by atoms with Gasteiger partial charge in [0.15, 0.2) is 0 Å². The quantitative estimate of drug-likeness (QED) is 0.227. The molecule has 10 nitrogen and oxygen atoms in total. The molecule has 5 N–H and O–H groups in total. The van der Waals surface area contributed by atoms with Gasteiger partial charge in [0, 0.05) is 12.5 Å². The summed E-state index contributed by atoms with van der Waals surface area (Å²) in [6, 6.07) is 10.4. The maximum absolute atomic E-state index is 13.4. The average molecular weight is 553 g/mol. The molecule has 0 aromatic heterocycles. The minimum Gasteiger partial charge on any atom is -0.465 e. The molecule has 0 bridgehead atoms. The predicted molar refractivity (Wildman–Crippen MR) is 152 cm³/mol. The normalized spacial score (nSPS) is 15.9. The lowest BCUT2D eigenvalue weighted by Gasteiger charge is -2.27. The Kier molecular flexibility index (Phi) is 10.6. The van der Waals surface area contributed by atoms with Crippen LogP contribution in [-0.4, -0.2) is 58.9 Å². The Morgan fingerprint density at radius 3 is 2.15 bits per heavy atom. The van der Waals surface area contributed by atoms with Gasteiger partial charge >= 0.3 is 6.09 Å². The van der Waals surface area contributed by atoms with Gasteiger partial charge in [-0.3, -0.25) is 19.2 Å².